The number of carbonyl (C=O) groups is 1. The fourth-order valence-electron chi connectivity index (χ4n) is 1.72. The van der Waals surface area contributed by atoms with Gasteiger partial charge in [-0.05, 0) is 18.1 Å². The van der Waals surface area contributed by atoms with Gasteiger partial charge in [0.1, 0.15) is 5.15 Å². The molecule has 2 rings (SSSR count). The number of benzene rings is 1. The first-order chi connectivity index (χ1) is 9.08. The summed E-state index contributed by atoms with van der Waals surface area (Å²) in [6.07, 6.45) is 2.01. The molecule has 0 aliphatic heterocycles. The highest BCUT2D eigenvalue weighted by atomic mass is 35.5. The number of aromatic nitrogens is 2. The molecule has 0 saturated carbocycles. The van der Waals surface area contributed by atoms with Crippen molar-refractivity contribution in [3.8, 4) is 0 Å². The Balaban J connectivity index is 2.14. The maximum atomic E-state index is 10.5. The second-order valence-corrected chi connectivity index (χ2v) is 4.87. The summed E-state index contributed by atoms with van der Waals surface area (Å²) in [6, 6.07) is 7.45. The molecule has 0 amide bonds. The van der Waals surface area contributed by atoms with E-state index in [0.717, 1.165) is 11.1 Å². The van der Waals surface area contributed by atoms with Crippen LogP contribution in [0.25, 0.3) is 0 Å². The number of aryl methyl sites for hydroxylation is 1. The SMILES string of the molecule is O=C(O)CCc1cnn(Cc2ccccc2Cl)c1Cl. The predicted octanol–water partition coefficient (Wildman–Crippen LogP) is 3.26. The first kappa shape index (κ1) is 13.9. The Morgan fingerprint density at radius 3 is 2.68 bits per heavy atom. The molecule has 0 aliphatic rings. The number of halogens is 2. The maximum Gasteiger partial charge on any atom is 0.303 e. The molecule has 2 aromatic rings. The van der Waals surface area contributed by atoms with Crippen LogP contribution in [0, 0.1) is 0 Å². The summed E-state index contributed by atoms with van der Waals surface area (Å²) in [5.74, 6) is -0.852. The largest absolute Gasteiger partial charge is 0.481 e. The van der Waals surface area contributed by atoms with E-state index in [1.807, 2.05) is 18.2 Å². The van der Waals surface area contributed by atoms with Gasteiger partial charge < -0.3 is 5.11 Å². The van der Waals surface area contributed by atoms with Gasteiger partial charge in [0, 0.05) is 17.0 Å². The smallest absolute Gasteiger partial charge is 0.303 e. The Morgan fingerprint density at radius 2 is 2.00 bits per heavy atom. The van der Waals surface area contributed by atoms with Gasteiger partial charge in [0.15, 0.2) is 0 Å². The van der Waals surface area contributed by atoms with Crippen LogP contribution < -0.4 is 0 Å². The minimum Gasteiger partial charge on any atom is -0.481 e. The van der Waals surface area contributed by atoms with Crippen molar-refractivity contribution in [3.05, 3.63) is 51.8 Å². The Kier molecular flexibility index (Phi) is 4.45. The lowest BCUT2D eigenvalue weighted by Gasteiger charge is -2.06. The average molecular weight is 299 g/mol. The molecule has 0 atom stereocenters. The lowest BCUT2D eigenvalue weighted by molar-refractivity contribution is -0.136. The van der Waals surface area contributed by atoms with Crippen LogP contribution in [0.4, 0.5) is 0 Å². The molecule has 0 saturated heterocycles. The van der Waals surface area contributed by atoms with Crippen LogP contribution in [-0.2, 0) is 17.8 Å². The van der Waals surface area contributed by atoms with E-state index in [-0.39, 0.29) is 6.42 Å². The Morgan fingerprint density at radius 1 is 1.26 bits per heavy atom. The predicted molar refractivity (Wildman–Crippen MR) is 73.7 cm³/mol. The second kappa shape index (κ2) is 6.08. The van der Waals surface area contributed by atoms with Gasteiger partial charge >= 0.3 is 5.97 Å². The van der Waals surface area contributed by atoms with Crippen molar-refractivity contribution >= 4 is 29.2 Å². The third kappa shape index (κ3) is 3.49. The molecule has 0 radical (unpaired) electrons. The number of carboxylic acids is 1. The molecule has 1 heterocycles. The molecule has 1 aromatic heterocycles. The van der Waals surface area contributed by atoms with Crippen LogP contribution in [-0.4, -0.2) is 20.9 Å². The summed E-state index contributed by atoms with van der Waals surface area (Å²) in [5, 5.41) is 13.9. The number of hydrogen-bond donors (Lipinski definition) is 1. The molecule has 6 heteroatoms. The highest BCUT2D eigenvalue weighted by Crippen LogP contribution is 2.21. The second-order valence-electron chi connectivity index (χ2n) is 4.10. The van der Waals surface area contributed by atoms with Crippen molar-refractivity contribution in [1.82, 2.24) is 9.78 Å². The molecule has 4 nitrogen and oxygen atoms in total. The summed E-state index contributed by atoms with van der Waals surface area (Å²) < 4.78 is 1.61. The van der Waals surface area contributed by atoms with E-state index >= 15 is 0 Å². The molecule has 1 N–H and O–H groups in total. The van der Waals surface area contributed by atoms with Gasteiger partial charge in [-0.3, -0.25) is 4.79 Å². The van der Waals surface area contributed by atoms with Gasteiger partial charge in [0.2, 0.25) is 0 Å². The molecule has 1 aromatic carbocycles. The summed E-state index contributed by atoms with van der Waals surface area (Å²) in [7, 11) is 0. The Labute approximate surface area is 120 Å². The average Bonchev–Trinajstić information content (AvgIpc) is 2.71. The van der Waals surface area contributed by atoms with Gasteiger partial charge in [-0.2, -0.15) is 5.10 Å². The summed E-state index contributed by atoms with van der Waals surface area (Å²) in [6.45, 7) is 0.464. The van der Waals surface area contributed by atoms with Crippen molar-refractivity contribution in [1.29, 1.82) is 0 Å². The fourth-order valence-corrected chi connectivity index (χ4v) is 2.16. The number of carboxylic acid groups (broad SMARTS) is 1. The molecule has 100 valence electrons. The van der Waals surface area contributed by atoms with Gasteiger partial charge in [-0.1, -0.05) is 41.4 Å². The monoisotopic (exact) mass is 298 g/mol. The van der Waals surface area contributed by atoms with Crippen molar-refractivity contribution < 1.29 is 9.90 Å². The highest BCUT2D eigenvalue weighted by molar-refractivity contribution is 6.31. The van der Waals surface area contributed by atoms with Crippen LogP contribution in [0.3, 0.4) is 0 Å². The fraction of sp³-hybridized carbons (Fsp3) is 0.231. The number of rotatable bonds is 5. The van der Waals surface area contributed by atoms with E-state index < -0.39 is 5.97 Å². The third-order valence-corrected chi connectivity index (χ3v) is 3.54. The van der Waals surface area contributed by atoms with Gasteiger partial charge in [-0.15, -0.1) is 0 Å². The van der Waals surface area contributed by atoms with E-state index in [4.69, 9.17) is 28.3 Å². The minimum atomic E-state index is -0.852. The summed E-state index contributed by atoms with van der Waals surface area (Å²) in [5.41, 5.74) is 1.65. The number of nitrogens with zero attached hydrogens (tertiary/aromatic N) is 2. The molecule has 0 spiro atoms. The van der Waals surface area contributed by atoms with Crippen LogP contribution in [0.2, 0.25) is 10.2 Å². The maximum absolute atomic E-state index is 10.5. The lowest BCUT2D eigenvalue weighted by Crippen LogP contribution is -2.03. The normalized spacial score (nSPS) is 10.6. The molecule has 0 unspecified atom stereocenters. The first-order valence-corrected chi connectivity index (χ1v) is 6.49. The van der Waals surface area contributed by atoms with Crippen molar-refractivity contribution in [2.24, 2.45) is 0 Å². The zero-order chi connectivity index (χ0) is 13.8. The first-order valence-electron chi connectivity index (χ1n) is 5.73. The van der Waals surface area contributed by atoms with E-state index in [9.17, 15) is 4.79 Å². The molecular formula is C13H12Cl2N2O2. The highest BCUT2D eigenvalue weighted by Gasteiger charge is 2.11. The molecule has 0 aliphatic carbocycles. The van der Waals surface area contributed by atoms with Gasteiger partial charge in [-0.25, -0.2) is 4.68 Å². The van der Waals surface area contributed by atoms with E-state index in [1.165, 1.54) is 0 Å². The summed E-state index contributed by atoms with van der Waals surface area (Å²) >= 11 is 12.2. The third-order valence-electron chi connectivity index (χ3n) is 2.73. The summed E-state index contributed by atoms with van der Waals surface area (Å²) in [4.78, 5) is 10.5. The zero-order valence-corrected chi connectivity index (χ0v) is 11.5. The molecule has 0 bridgehead atoms. The van der Waals surface area contributed by atoms with E-state index in [1.54, 1.807) is 16.9 Å². The van der Waals surface area contributed by atoms with E-state index in [2.05, 4.69) is 5.10 Å². The van der Waals surface area contributed by atoms with Gasteiger partial charge in [0.25, 0.3) is 0 Å². The standard InChI is InChI=1S/C13H12Cl2N2O2/c14-11-4-2-1-3-10(11)8-17-13(15)9(7-16-17)5-6-12(18)19/h1-4,7H,5-6,8H2,(H,18,19). The minimum absolute atomic E-state index is 0.0392. The quantitative estimate of drug-likeness (QED) is 0.922. The number of aliphatic carboxylic acids is 1. The van der Waals surface area contributed by atoms with E-state index in [0.29, 0.717) is 23.1 Å². The van der Waals surface area contributed by atoms with Crippen molar-refractivity contribution in [2.45, 2.75) is 19.4 Å². The number of hydrogen-bond acceptors (Lipinski definition) is 2. The Hall–Kier alpha value is -1.52. The lowest BCUT2D eigenvalue weighted by atomic mass is 10.2. The van der Waals surface area contributed by atoms with Crippen LogP contribution >= 0.6 is 23.2 Å². The zero-order valence-electron chi connectivity index (χ0n) is 10.0. The molecule has 19 heavy (non-hydrogen) atoms. The van der Waals surface area contributed by atoms with Crippen LogP contribution in [0.15, 0.2) is 30.5 Å². The molecular weight excluding hydrogens is 287 g/mol. The molecule has 0 fully saturated rings. The van der Waals surface area contributed by atoms with Crippen LogP contribution in [0.5, 0.6) is 0 Å². The van der Waals surface area contributed by atoms with Crippen molar-refractivity contribution in [2.75, 3.05) is 0 Å². The topological polar surface area (TPSA) is 55.1 Å². The van der Waals surface area contributed by atoms with Gasteiger partial charge in [0.05, 0.1) is 12.7 Å². The van der Waals surface area contributed by atoms with Crippen molar-refractivity contribution in [3.63, 3.8) is 0 Å². The van der Waals surface area contributed by atoms with Crippen LogP contribution in [0.1, 0.15) is 17.5 Å². The Bertz CT molecular complexity index is 596.